The molecule has 1 aromatic rings. The van der Waals surface area contributed by atoms with Crippen LogP contribution in [-0.2, 0) is 6.54 Å². The maximum Gasteiger partial charge on any atom is 0.0504 e. The van der Waals surface area contributed by atoms with E-state index in [0.29, 0.717) is 6.54 Å². The number of benzene rings is 1. The zero-order chi connectivity index (χ0) is 12.1. The summed E-state index contributed by atoms with van der Waals surface area (Å²) in [5, 5.41) is 3.70. The van der Waals surface area contributed by atoms with Crippen LogP contribution in [0.3, 0.4) is 0 Å². The van der Waals surface area contributed by atoms with E-state index < -0.39 is 0 Å². The Hall–Kier alpha value is -1.22. The molecule has 0 bridgehead atoms. The van der Waals surface area contributed by atoms with Crippen LogP contribution >= 0.6 is 11.6 Å². The van der Waals surface area contributed by atoms with E-state index >= 15 is 0 Å². The van der Waals surface area contributed by atoms with E-state index in [4.69, 9.17) is 17.1 Å². The third kappa shape index (κ3) is 3.37. The van der Waals surface area contributed by atoms with E-state index in [9.17, 15) is 0 Å². The number of halogens is 1. The summed E-state index contributed by atoms with van der Waals surface area (Å²) in [7, 11) is 0. The normalized spacial score (nSPS) is 24.5. The van der Waals surface area contributed by atoms with E-state index in [-0.39, 0.29) is 11.3 Å². The number of hydrogen-bond acceptors (Lipinski definition) is 2. The lowest BCUT2D eigenvalue weighted by Crippen LogP contribution is -2.20. The number of hydrogen-bond donors (Lipinski definition) is 0. The Balaban J connectivity index is 1.90. The van der Waals surface area contributed by atoms with Crippen molar-refractivity contribution in [2.45, 2.75) is 11.9 Å². The monoisotopic (exact) mass is 250 g/mol. The Morgan fingerprint density at radius 1 is 1.35 bits per heavy atom. The molecule has 90 valence electrons. The quantitative estimate of drug-likeness (QED) is 0.351. The van der Waals surface area contributed by atoms with Gasteiger partial charge in [0.05, 0.1) is 5.38 Å². The van der Waals surface area contributed by atoms with Gasteiger partial charge in [0.25, 0.3) is 0 Å². The van der Waals surface area contributed by atoms with Gasteiger partial charge in [0, 0.05) is 31.1 Å². The third-order valence-electron chi connectivity index (χ3n) is 3.07. The number of likely N-dealkylation sites (tertiary alicyclic amines) is 1. The van der Waals surface area contributed by atoms with Crippen LogP contribution in [0.2, 0.25) is 0 Å². The van der Waals surface area contributed by atoms with Crippen molar-refractivity contribution in [2.75, 3.05) is 19.6 Å². The van der Waals surface area contributed by atoms with Crippen molar-refractivity contribution < 1.29 is 0 Å². The number of alkyl halides is 1. The zero-order valence-corrected chi connectivity index (χ0v) is 10.3. The molecule has 0 aromatic heterocycles. The lowest BCUT2D eigenvalue weighted by Gasteiger charge is -2.15. The first kappa shape index (κ1) is 12.2. The molecular weight excluding hydrogens is 236 g/mol. The lowest BCUT2D eigenvalue weighted by molar-refractivity contribution is 0.318. The van der Waals surface area contributed by atoms with Crippen molar-refractivity contribution in [3.05, 3.63) is 46.3 Å². The minimum Gasteiger partial charge on any atom is -0.297 e. The molecule has 0 spiro atoms. The molecule has 1 aliphatic rings. The Labute approximate surface area is 106 Å². The van der Waals surface area contributed by atoms with Crippen LogP contribution < -0.4 is 0 Å². The van der Waals surface area contributed by atoms with Crippen LogP contribution in [0, 0.1) is 5.92 Å². The zero-order valence-electron chi connectivity index (χ0n) is 9.54. The van der Waals surface area contributed by atoms with E-state index in [1.807, 2.05) is 18.2 Å². The van der Waals surface area contributed by atoms with Crippen molar-refractivity contribution in [1.29, 1.82) is 0 Å². The molecule has 4 nitrogen and oxygen atoms in total. The summed E-state index contributed by atoms with van der Waals surface area (Å²) in [6.45, 7) is 3.18. The molecule has 1 aliphatic heterocycles. The molecule has 2 atom stereocenters. The molecule has 0 radical (unpaired) electrons. The fourth-order valence-electron chi connectivity index (χ4n) is 2.20. The van der Waals surface area contributed by atoms with Crippen LogP contribution in [0.4, 0.5) is 0 Å². The minimum absolute atomic E-state index is 0.0872. The highest BCUT2D eigenvalue weighted by molar-refractivity contribution is 6.21. The van der Waals surface area contributed by atoms with Gasteiger partial charge in [-0.2, -0.15) is 0 Å². The van der Waals surface area contributed by atoms with Crippen molar-refractivity contribution in [1.82, 2.24) is 4.90 Å². The highest BCUT2D eigenvalue weighted by Gasteiger charge is 2.30. The Kier molecular flexibility index (Phi) is 4.26. The Morgan fingerprint density at radius 3 is 2.82 bits per heavy atom. The van der Waals surface area contributed by atoms with Gasteiger partial charge in [-0.25, -0.2) is 0 Å². The van der Waals surface area contributed by atoms with E-state index in [1.165, 1.54) is 5.56 Å². The minimum atomic E-state index is 0.0872. The second kappa shape index (κ2) is 5.92. The first-order valence-electron chi connectivity index (χ1n) is 5.71. The summed E-state index contributed by atoms with van der Waals surface area (Å²) in [6, 6.07) is 10.3. The average molecular weight is 251 g/mol. The van der Waals surface area contributed by atoms with E-state index in [0.717, 1.165) is 19.6 Å². The summed E-state index contributed by atoms with van der Waals surface area (Å²) in [5.41, 5.74) is 9.61. The second-order valence-corrected chi connectivity index (χ2v) is 4.93. The maximum absolute atomic E-state index is 8.32. The Bertz CT molecular complexity index is 402. The van der Waals surface area contributed by atoms with Crippen LogP contribution in [0.5, 0.6) is 0 Å². The summed E-state index contributed by atoms with van der Waals surface area (Å²) in [6.07, 6.45) is 0. The molecule has 0 N–H and O–H groups in total. The molecule has 2 rings (SSSR count). The number of nitrogens with zero attached hydrogens (tertiary/aromatic N) is 4. The molecular formula is C12H15ClN4. The first-order chi connectivity index (χ1) is 8.29. The molecule has 17 heavy (non-hydrogen) atoms. The molecule has 1 saturated heterocycles. The molecule has 1 aromatic carbocycles. The smallest absolute Gasteiger partial charge is 0.0504 e. The summed E-state index contributed by atoms with van der Waals surface area (Å²) in [4.78, 5) is 5.10. The van der Waals surface area contributed by atoms with Crippen LogP contribution in [-0.4, -0.2) is 29.9 Å². The largest absolute Gasteiger partial charge is 0.297 e. The van der Waals surface area contributed by atoms with E-state index in [1.54, 1.807) is 0 Å². The summed E-state index contributed by atoms with van der Waals surface area (Å²) in [5.74, 6) is 0.274. The fourth-order valence-corrected chi connectivity index (χ4v) is 2.56. The van der Waals surface area contributed by atoms with Gasteiger partial charge in [-0.15, -0.1) is 11.6 Å². The standard InChI is InChI=1S/C12H15ClN4/c13-12-9-17(8-11(12)6-15-16-14)7-10-4-2-1-3-5-10/h1-5,11-12H,6-9H2. The van der Waals surface area contributed by atoms with Gasteiger partial charge in [-0.3, -0.25) is 4.90 Å². The van der Waals surface area contributed by atoms with Crippen LogP contribution in [0.25, 0.3) is 10.4 Å². The van der Waals surface area contributed by atoms with Gasteiger partial charge in [-0.05, 0) is 17.0 Å². The average Bonchev–Trinajstić information content (AvgIpc) is 2.68. The van der Waals surface area contributed by atoms with Crippen molar-refractivity contribution in [2.24, 2.45) is 11.0 Å². The SMILES string of the molecule is [N-]=[N+]=NCC1CN(Cc2ccccc2)CC1Cl. The van der Waals surface area contributed by atoms with Gasteiger partial charge >= 0.3 is 0 Å². The maximum atomic E-state index is 8.32. The fraction of sp³-hybridized carbons (Fsp3) is 0.500. The molecule has 1 fully saturated rings. The molecule has 0 saturated carbocycles. The molecule has 0 amide bonds. The Morgan fingerprint density at radius 2 is 2.12 bits per heavy atom. The third-order valence-corrected chi connectivity index (χ3v) is 3.56. The predicted molar refractivity (Wildman–Crippen MR) is 68.9 cm³/mol. The second-order valence-electron chi connectivity index (χ2n) is 4.37. The summed E-state index contributed by atoms with van der Waals surface area (Å²) >= 11 is 6.25. The van der Waals surface area contributed by atoms with Crippen molar-refractivity contribution >= 4 is 11.6 Å². The molecule has 1 heterocycles. The van der Waals surface area contributed by atoms with Crippen LogP contribution in [0.1, 0.15) is 5.56 Å². The molecule has 2 unspecified atom stereocenters. The van der Waals surface area contributed by atoms with Crippen LogP contribution in [0.15, 0.2) is 35.4 Å². The van der Waals surface area contributed by atoms with Crippen molar-refractivity contribution in [3.63, 3.8) is 0 Å². The van der Waals surface area contributed by atoms with Gasteiger partial charge in [0.1, 0.15) is 0 Å². The molecule has 5 heteroatoms. The van der Waals surface area contributed by atoms with E-state index in [2.05, 4.69) is 27.1 Å². The van der Waals surface area contributed by atoms with Gasteiger partial charge < -0.3 is 0 Å². The highest BCUT2D eigenvalue weighted by Crippen LogP contribution is 2.24. The lowest BCUT2D eigenvalue weighted by atomic mass is 10.1. The number of azide groups is 1. The predicted octanol–water partition coefficient (Wildman–Crippen LogP) is 3.04. The summed E-state index contributed by atoms with van der Waals surface area (Å²) < 4.78 is 0. The molecule has 0 aliphatic carbocycles. The van der Waals surface area contributed by atoms with Gasteiger partial charge in [0.2, 0.25) is 0 Å². The van der Waals surface area contributed by atoms with Gasteiger partial charge in [0.15, 0.2) is 0 Å². The first-order valence-corrected chi connectivity index (χ1v) is 6.14. The topological polar surface area (TPSA) is 52.0 Å². The van der Waals surface area contributed by atoms with Gasteiger partial charge in [-0.1, -0.05) is 35.4 Å². The highest BCUT2D eigenvalue weighted by atomic mass is 35.5. The number of rotatable bonds is 4. The van der Waals surface area contributed by atoms with Crippen molar-refractivity contribution in [3.8, 4) is 0 Å².